The van der Waals surface area contributed by atoms with Crippen LogP contribution in [0, 0.1) is 5.92 Å². The minimum atomic E-state index is -0.0872. The van der Waals surface area contributed by atoms with Crippen LogP contribution in [0.3, 0.4) is 0 Å². The van der Waals surface area contributed by atoms with Gasteiger partial charge in [0.05, 0.1) is 4.88 Å². The Bertz CT molecular complexity index is 739. The van der Waals surface area contributed by atoms with E-state index in [1.807, 2.05) is 0 Å². The number of hydrogen-bond donors (Lipinski definition) is 1. The van der Waals surface area contributed by atoms with Crippen molar-refractivity contribution in [3.63, 3.8) is 0 Å². The summed E-state index contributed by atoms with van der Waals surface area (Å²) in [6, 6.07) is 4.04. The molecule has 0 aromatic carbocycles. The second-order valence-electron chi connectivity index (χ2n) is 6.15. The third-order valence-corrected chi connectivity index (χ3v) is 5.97. The van der Waals surface area contributed by atoms with Crippen molar-refractivity contribution in [2.75, 3.05) is 13.1 Å². The van der Waals surface area contributed by atoms with Crippen molar-refractivity contribution in [1.29, 1.82) is 0 Å². The van der Waals surface area contributed by atoms with Gasteiger partial charge in [-0.25, -0.2) is 0 Å². The number of rotatable bonds is 4. The van der Waals surface area contributed by atoms with E-state index in [1.54, 1.807) is 12.1 Å². The van der Waals surface area contributed by atoms with Gasteiger partial charge in [0, 0.05) is 12.1 Å². The van der Waals surface area contributed by atoms with Crippen LogP contribution >= 0.6 is 22.9 Å². The Labute approximate surface area is 147 Å². The van der Waals surface area contributed by atoms with E-state index in [2.05, 4.69) is 27.3 Å². The van der Waals surface area contributed by atoms with Gasteiger partial charge in [-0.2, -0.15) is 0 Å². The number of aromatic nitrogens is 2. The van der Waals surface area contributed by atoms with Gasteiger partial charge in [-0.15, -0.1) is 0 Å². The van der Waals surface area contributed by atoms with Crippen molar-refractivity contribution in [3.8, 4) is 11.1 Å². The molecule has 1 N–H and O–H groups in total. The zero-order valence-corrected chi connectivity index (χ0v) is 14.6. The molecule has 2 aromatic heterocycles. The number of thiophene rings is 1. The molecule has 9 heteroatoms. The summed E-state index contributed by atoms with van der Waals surface area (Å²) in [6.45, 7) is 4.47. The number of amides is 1. The van der Waals surface area contributed by atoms with Gasteiger partial charge in [0.25, 0.3) is 5.91 Å². The molecule has 3 aliphatic rings. The highest BCUT2D eigenvalue weighted by Gasteiger charge is 2.40. The molecular formula is C15H17ClN4O3S. The lowest BCUT2D eigenvalue weighted by atomic mass is 9.79. The zero-order valence-electron chi connectivity index (χ0n) is 13.1. The lowest BCUT2D eigenvalue weighted by Crippen LogP contribution is -2.62. The van der Waals surface area contributed by atoms with Crippen LogP contribution in [0.15, 0.2) is 16.5 Å². The standard InChI is InChI=1S/C15H17ClN4O3S/c1-8-12(9-4-6-20(8)7-5-9)17-13(21)10-2-3-11(24-10)22-15-19-18-14(16)23-15/h2-3,8-9,12H,4-7H2,1H3,(H,17,21)/t8-,12-/m0/s1. The second-order valence-corrected chi connectivity index (χ2v) is 7.52. The fraction of sp³-hybridized carbons (Fsp3) is 0.533. The Hall–Kier alpha value is -1.64. The molecule has 2 aromatic rings. The summed E-state index contributed by atoms with van der Waals surface area (Å²) in [6.07, 6.45) is 2.28. The highest BCUT2D eigenvalue weighted by molar-refractivity contribution is 7.15. The summed E-state index contributed by atoms with van der Waals surface area (Å²) in [7, 11) is 0. The number of carbonyl (C=O) groups excluding carboxylic acids is 1. The van der Waals surface area contributed by atoms with E-state index in [1.165, 1.54) is 11.3 Å². The molecule has 0 radical (unpaired) electrons. The quantitative estimate of drug-likeness (QED) is 0.893. The third kappa shape index (κ3) is 3.01. The first-order valence-corrected chi connectivity index (χ1v) is 9.11. The Balaban J connectivity index is 1.41. The van der Waals surface area contributed by atoms with Crippen LogP contribution in [-0.2, 0) is 0 Å². The maximum atomic E-state index is 12.6. The molecule has 1 amide bonds. The number of halogens is 1. The van der Waals surface area contributed by atoms with Crippen LogP contribution in [-0.4, -0.2) is 46.2 Å². The van der Waals surface area contributed by atoms with Crippen LogP contribution < -0.4 is 10.1 Å². The van der Waals surface area contributed by atoms with Gasteiger partial charge in [0.1, 0.15) is 0 Å². The van der Waals surface area contributed by atoms with Gasteiger partial charge in [0.15, 0.2) is 5.06 Å². The number of nitrogens with one attached hydrogen (secondary N) is 1. The van der Waals surface area contributed by atoms with Gasteiger partial charge in [0.2, 0.25) is 0 Å². The molecule has 7 nitrogen and oxygen atoms in total. The van der Waals surface area contributed by atoms with Crippen LogP contribution in [0.1, 0.15) is 29.4 Å². The number of nitrogens with zero attached hydrogens (tertiary/aromatic N) is 3. The zero-order chi connectivity index (χ0) is 16.7. The minimum absolute atomic E-state index is 0.0418. The first-order chi connectivity index (χ1) is 11.6. The van der Waals surface area contributed by atoms with Gasteiger partial charge < -0.3 is 14.5 Å². The summed E-state index contributed by atoms with van der Waals surface area (Å²) in [4.78, 5) is 15.6. The number of piperidine rings is 3. The van der Waals surface area contributed by atoms with Crippen LogP contribution in [0.5, 0.6) is 11.1 Å². The third-order valence-electron chi connectivity index (χ3n) is 4.85. The van der Waals surface area contributed by atoms with Crippen LogP contribution in [0.2, 0.25) is 5.35 Å². The topological polar surface area (TPSA) is 80.5 Å². The molecule has 128 valence electrons. The Morgan fingerprint density at radius 1 is 1.42 bits per heavy atom. The van der Waals surface area contributed by atoms with Gasteiger partial charge >= 0.3 is 11.4 Å². The average molecular weight is 369 g/mol. The fourth-order valence-electron chi connectivity index (χ4n) is 3.59. The molecule has 0 spiro atoms. The molecule has 5 rings (SSSR count). The lowest BCUT2D eigenvalue weighted by molar-refractivity contribution is 0.0218. The van der Waals surface area contributed by atoms with Crippen molar-refractivity contribution < 1.29 is 13.9 Å². The molecule has 5 heterocycles. The molecule has 24 heavy (non-hydrogen) atoms. The normalized spacial score (nSPS) is 28.8. The predicted octanol–water partition coefficient (Wildman–Crippen LogP) is 2.79. The highest BCUT2D eigenvalue weighted by Crippen LogP contribution is 2.33. The summed E-state index contributed by atoms with van der Waals surface area (Å²) in [5, 5.41) is 10.7. The fourth-order valence-corrected chi connectivity index (χ4v) is 4.44. The van der Waals surface area contributed by atoms with E-state index >= 15 is 0 Å². The first-order valence-electron chi connectivity index (χ1n) is 7.92. The number of hydrogen-bond acceptors (Lipinski definition) is 7. The van der Waals surface area contributed by atoms with E-state index in [-0.39, 0.29) is 23.4 Å². The first kappa shape index (κ1) is 15.9. The predicted molar refractivity (Wildman–Crippen MR) is 88.7 cm³/mol. The molecule has 0 unspecified atom stereocenters. The maximum absolute atomic E-state index is 12.6. The van der Waals surface area contributed by atoms with Crippen LogP contribution in [0.25, 0.3) is 0 Å². The number of carbonyl (C=O) groups is 1. The van der Waals surface area contributed by atoms with Gasteiger partial charge in [-0.05, 0) is 62.5 Å². The van der Waals surface area contributed by atoms with Crippen molar-refractivity contribution in [1.82, 2.24) is 20.4 Å². The van der Waals surface area contributed by atoms with Crippen molar-refractivity contribution >= 4 is 28.8 Å². The Morgan fingerprint density at radius 2 is 2.21 bits per heavy atom. The smallest absolute Gasteiger partial charge is 0.399 e. The second kappa shape index (κ2) is 6.34. The van der Waals surface area contributed by atoms with E-state index in [4.69, 9.17) is 20.8 Å². The summed E-state index contributed by atoms with van der Waals surface area (Å²) >= 11 is 6.79. The molecule has 0 saturated carbocycles. The van der Waals surface area contributed by atoms with Gasteiger partial charge in [-0.1, -0.05) is 21.5 Å². The van der Waals surface area contributed by atoms with Crippen molar-refractivity contribution in [2.24, 2.45) is 5.92 Å². The number of ether oxygens (including phenoxy) is 1. The monoisotopic (exact) mass is 368 g/mol. The van der Waals surface area contributed by atoms with Crippen molar-refractivity contribution in [3.05, 3.63) is 22.4 Å². The van der Waals surface area contributed by atoms with Crippen molar-refractivity contribution in [2.45, 2.75) is 31.8 Å². The van der Waals surface area contributed by atoms with E-state index in [0.717, 1.165) is 25.9 Å². The Kier molecular flexibility index (Phi) is 4.19. The summed E-state index contributed by atoms with van der Waals surface area (Å²) in [5.74, 6) is 0.508. The molecule has 3 aliphatic heterocycles. The molecule has 2 bridgehead atoms. The SMILES string of the molecule is C[C@H]1[C@H](NC(=O)c2ccc(Oc3nnc(Cl)o3)s2)C2CCN1CC2. The van der Waals surface area contributed by atoms with Crippen LogP contribution in [0.4, 0.5) is 0 Å². The Morgan fingerprint density at radius 3 is 2.88 bits per heavy atom. The lowest BCUT2D eigenvalue weighted by Gasteiger charge is -2.49. The van der Waals surface area contributed by atoms with E-state index < -0.39 is 0 Å². The molecule has 0 aliphatic carbocycles. The van der Waals surface area contributed by atoms with E-state index in [0.29, 0.717) is 21.9 Å². The van der Waals surface area contributed by atoms with Gasteiger partial charge in [-0.3, -0.25) is 9.69 Å². The van der Waals surface area contributed by atoms with E-state index in [9.17, 15) is 4.79 Å². The summed E-state index contributed by atoms with van der Waals surface area (Å²) < 4.78 is 10.3. The molecular weight excluding hydrogens is 352 g/mol. The minimum Gasteiger partial charge on any atom is -0.399 e. The average Bonchev–Trinajstić information content (AvgIpc) is 3.21. The molecule has 3 saturated heterocycles. The molecule has 3 fully saturated rings. The highest BCUT2D eigenvalue weighted by atomic mass is 35.5. The molecule has 2 atom stereocenters. The summed E-state index contributed by atoms with van der Waals surface area (Å²) in [5.41, 5.74) is 0. The number of fused-ring (bicyclic) bond motifs is 3. The largest absolute Gasteiger partial charge is 0.422 e. The maximum Gasteiger partial charge on any atom is 0.422 e.